The Morgan fingerprint density at radius 3 is 2.94 bits per heavy atom. The van der Waals surface area contributed by atoms with Gasteiger partial charge in [0.25, 0.3) is 0 Å². The van der Waals surface area contributed by atoms with Crippen LogP contribution in [0.2, 0.25) is 0 Å². The first-order valence-corrected chi connectivity index (χ1v) is 7.48. The average Bonchev–Trinajstić information content (AvgIpc) is 2.81. The summed E-state index contributed by atoms with van der Waals surface area (Å²) >= 11 is 2.79. The first-order valence-electron chi connectivity index (χ1n) is 5.62. The first kappa shape index (κ1) is 13.2. The molecule has 1 aromatic rings. The molecule has 1 aromatic heterocycles. The van der Waals surface area contributed by atoms with Gasteiger partial charge in [0, 0.05) is 10.6 Å². The lowest BCUT2D eigenvalue weighted by Gasteiger charge is -2.27. The molecule has 2 N–H and O–H groups in total. The van der Waals surface area contributed by atoms with E-state index in [0.29, 0.717) is 11.3 Å². The number of carbonyl (C=O) groups excluding carboxylic acids is 2. The van der Waals surface area contributed by atoms with Crippen LogP contribution in [0.5, 0.6) is 0 Å². The third-order valence-corrected chi connectivity index (χ3v) is 4.30. The van der Waals surface area contributed by atoms with Gasteiger partial charge in [0.15, 0.2) is 0 Å². The summed E-state index contributed by atoms with van der Waals surface area (Å²) in [4.78, 5) is 24.7. The fourth-order valence-electron chi connectivity index (χ4n) is 1.84. The van der Waals surface area contributed by atoms with E-state index in [-0.39, 0.29) is 17.2 Å². The van der Waals surface area contributed by atoms with E-state index in [1.165, 1.54) is 23.1 Å². The fraction of sp³-hybridized carbons (Fsp3) is 0.333. The second-order valence-electron chi connectivity index (χ2n) is 3.81. The number of allylic oxidation sites excluding steroid dienone is 1. The second kappa shape index (κ2) is 5.58. The van der Waals surface area contributed by atoms with Gasteiger partial charge in [-0.05, 0) is 24.1 Å². The Morgan fingerprint density at radius 1 is 1.56 bits per heavy atom. The largest absolute Gasteiger partial charge is 0.326 e. The van der Waals surface area contributed by atoms with Crippen LogP contribution in [0.3, 0.4) is 0 Å². The number of thiophene rings is 1. The van der Waals surface area contributed by atoms with Crippen LogP contribution in [0.1, 0.15) is 24.8 Å². The number of urea groups is 1. The molecule has 18 heavy (non-hydrogen) atoms. The highest BCUT2D eigenvalue weighted by Crippen LogP contribution is 2.32. The molecule has 0 radical (unpaired) electrons. The van der Waals surface area contributed by atoms with Gasteiger partial charge in [-0.1, -0.05) is 24.8 Å². The number of nitrogens with one attached hydrogen (secondary N) is 2. The Bertz CT molecular complexity index is 494. The summed E-state index contributed by atoms with van der Waals surface area (Å²) in [5.41, 5.74) is 1.28. The highest BCUT2D eigenvalue weighted by atomic mass is 32.2. The van der Waals surface area contributed by atoms with Crippen molar-refractivity contribution in [1.29, 1.82) is 0 Å². The van der Waals surface area contributed by atoms with E-state index in [9.17, 15) is 9.59 Å². The molecular weight excluding hydrogens is 268 g/mol. The van der Waals surface area contributed by atoms with Crippen molar-refractivity contribution in [2.24, 2.45) is 0 Å². The first-order chi connectivity index (χ1) is 8.63. The Balaban J connectivity index is 2.38. The standard InChI is InChI=1S/C12H14N2O2S2/c1-3-17-11(15)9-7(2)13-12(16)14-10(9)8-5-4-6-18-8/h4-6,10H,3H2,1-2H3,(H2,13,14,16). The molecule has 0 fully saturated rings. The zero-order valence-corrected chi connectivity index (χ0v) is 11.8. The van der Waals surface area contributed by atoms with Crippen LogP contribution in [0.15, 0.2) is 28.8 Å². The highest BCUT2D eigenvalue weighted by molar-refractivity contribution is 8.14. The van der Waals surface area contributed by atoms with Crippen molar-refractivity contribution in [3.05, 3.63) is 33.7 Å². The summed E-state index contributed by atoms with van der Waals surface area (Å²) < 4.78 is 0. The second-order valence-corrected chi connectivity index (χ2v) is 6.02. The minimum absolute atomic E-state index is 0.0147. The lowest BCUT2D eigenvalue weighted by molar-refractivity contribution is -0.108. The molecule has 6 heteroatoms. The lowest BCUT2D eigenvalue weighted by Crippen LogP contribution is -2.44. The van der Waals surface area contributed by atoms with Crippen molar-refractivity contribution in [3.8, 4) is 0 Å². The number of hydrogen-bond donors (Lipinski definition) is 2. The van der Waals surface area contributed by atoms with Crippen molar-refractivity contribution in [1.82, 2.24) is 10.6 Å². The van der Waals surface area contributed by atoms with Crippen LogP contribution in [0.25, 0.3) is 0 Å². The fourth-order valence-corrected chi connectivity index (χ4v) is 3.32. The smallest absolute Gasteiger partial charge is 0.319 e. The van der Waals surface area contributed by atoms with Gasteiger partial charge in [-0.15, -0.1) is 11.3 Å². The van der Waals surface area contributed by atoms with Crippen LogP contribution in [0, 0.1) is 0 Å². The van der Waals surface area contributed by atoms with E-state index < -0.39 is 0 Å². The summed E-state index contributed by atoms with van der Waals surface area (Å²) in [5, 5.41) is 7.42. The van der Waals surface area contributed by atoms with E-state index in [1.54, 1.807) is 6.92 Å². The van der Waals surface area contributed by atoms with Crippen LogP contribution >= 0.6 is 23.1 Å². The van der Waals surface area contributed by atoms with Crippen LogP contribution in [0.4, 0.5) is 4.79 Å². The van der Waals surface area contributed by atoms with E-state index in [0.717, 1.165) is 10.6 Å². The van der Waals surface area contributed by atoms with Crippen molar-refractivity contribution >= 4 is 34.2 Å². The molecule has 1 aliphatic heterocycles. The molecule has 0 aromatic carbocycles. The number of amides is 2. The predicted molar refractivity (Wildman–Crippen MR) is 74.6 cm³/mol. The lowest BCUT2D eigenvalue weighted by atomic mass is 10.0. The van der Waals surface area contributed by atoms with Crippen molar-refractivity contribution < 1.29 is 9.59 Å². The maximum absolute atomic E-state index is 12.1. The molecule has 1 unspecified atom stereocenters. The van der Waals surface area contributed by atoms with Crippen LogP contribution in [-0.2, 0) is 4.79 Å². The van der Waals surface area contributed by atoms with Gasteiger partial charge in [0.1, 0.15) is 0 Å². The number of rotatable bonds is 3. The molecule has 0 spiro atoms. The monoisotopic (exact) mass is 282 g/mol. The molecule has 1 atom stereocenters. The summed E-state index contributed by atoms with van der Waals surface area (Å²) in [6.45, 7) is 3.70. The Kier molecular flexibility index (Phi) is 4.08. The minimum atomic E-state index is -0.328. The maximum Gasteiger partial charge on any atom is 0.319 e. The summed E-state index contributed by atoms with van der Waals surface area (Å²) in [6.07, 6.45) is 0. The molecule has 2 amide bonds. The zero-order valence-electron chi connectivity index (χ0n) is 10.1. The molecule has 4 nitrogen and oxygen atoms in total. The number of hydrogen-bond acceptors (Lipinski definition) is 4. The van der Waals surface area contributed by atoms with E-state index in [1.807, 2.05) is 24.4 Å². The van der Waals surface area contributed by atoms with Crippen molar-refractivity contribution in [2.75, 3.05) is 5.75 Å². The van der Waals surface area contributed by atoms with Gasteiger partial charge in [-0.2, -0.15) is 0 Å². The van der Waals surface area contributed by atoms with Gasteiger partial charge in [-0.25, -0.2) is 4.79 Å². The Hall–Kier alpha value is -1.27. The molecular formula is C12H14N2O2S2. The molecule has 0 bridgehead atoms. The van der Waals surface area contributed by atoms with Crippen molar-refractivity contribution in [2.45, 2.75) is 19.9 Å². The third-order valence-electron chi connectivity index (χ3n) is 2.59. The van der Waals surface area contributed by atoms with Crippen LogP contribution in [-0.4, -0.2) is 16.9 Å². The molecule has 2 rings (SSSR count). The van der Waals surface area contributed by atoms with Gasteiger partial charge in [-0.3, -0.25) is 4.79 Å². The van der Waals surface area contributed by atoms with Crippen molar-refractivity contribution in [3.63, 3.8) is 0 Å². The van der Waals surface area contributed by atoms with E-state index in [4.69, 9.17) is 0 Å². The van der Waals surface area contributed by atoms with Gasteiger partial charge in [0.2, 0.25) is 5.12 Å². The molecule has 0 saturated carbocycles. The zero-order chi connectivity index (χ0) is 13.1. The molecule has 0 aliphatic carbocycles. The third kappa shape index (κ3) is 2.59. The SMILES string of the molecule is CCSC(=O)C1=C(C)NC(=O)NC1c1cccs1. The quantitative estimate of drug-likeness (QED) is 0.896. The summed E-state index contributed by atoms with van der Waals surface area (Å²) in [7, 11) is 0. The topological polar surface area (TPSA) is 58.2 Å². The van der Waals surface area contributed by atoms with Gasteiger partial charge >= 0.3 is 6.03 Å². The van der Waals surface area contributed by atoms with E-state index in [2.05, 4.69) is 10.6 Å². The molecule has 2 heterocycles. The van der Waals surface area contributed by atoms with Gasteiger partial charge < -0.3 is 10.6 Å². The van der Waals surface area contributed by atoms with E-state index >= 15 is 0 Å². The Labute approximate surface area is 114 Å². The number of thioether (sulfide) groups is 1. The summed E-state index contributed by atoms with van der Waals surface area (Å²) in [6, 6.07) is 3.26. The summed E-state index contributed by atoms with van der Waals surface area (Å²) in [5.74, 6) is 0.723. The maximum atomic E-state index is 12.1. The van der Waals surface area contributed by atoms with Crippen LogP contribution < -0.4 is 10.6 Å². The molecule has 1 aliphatic rings. The van der Waals surface area contributed by atoms with Gasteiger partial charge in [0.05, 0.1) is 11.6 Å². The molecule has 96 valence electrons. The average molecular weight is 282 g/mol. The minimum Gasteiger partial charge on any atom is -0.326 e. The normalized spacial score (nSPS) is 19.4. The predicted octanol–water partition coefficient (Wildman–Crippen LogP) is 2.66. The highest BCUT2D eigenvalue weighted by Gasteiger charge is 2.31. The Morgan fingerprint density at radius 2 is 2.33 bits per heavy atom. The molecule has 0 saturated heterocycles. The number of carbonyl (C=O) groups is 2.